The molecule has 1 aromatic rings. The monoisotopic (exact) mass is 278 g/mol. The van der Waals surface area contributed by atoms with E-state index in [9.17, 15) is 8.42 Å². The smallest absolute Gasteiger partial charge is 0.303 e. The van der Waals surface area contributed by atoms with E-state index in [-0.39, 0.29) is 17.7 Å². The number of piperidine rings is 1. The van der Waals surface area contributed by atoms with Crippen molar-refractivity contribution in [1.29, 1.82) is 0 Å². The van der Waals surface area contributed by atoms with Gasteiger partial charge in [0.05, 0.1) is 0 Å². The highest BCUT2D eigenvalue weighted by Crippen LogP contribution is 2.20. The average molecular weight is 278 g/mol. The minimum atomic E-state index is -3.57. The summed E-state index contributed by atoms with van der Waals surface area (Å²) in [4.78, 5) is 0. The van der Waals surface area contributed by atoms with Crippen LogP contribution in [-0.4, -0.2) is 47.7 Å². The Morgan fingerprint density at radius 2 is 2.47 bits per heavy atom. The summed E-state index contributed by atoms with van der Waals surface area (Å²) >= 11 is 1.13. The number of hydrogen-bond donors (Lipinski definition) is 2. The van der Waals surface area contributed by atoms with E-state index in [0.717, 1.165) is 24.2 Å². The molecule has 0 amide bonds. The van der Waals surface area contributed by atoms with Crippen LogP contribution in [0, 0.1) is 5.92 Å². The largest absolute Gasteiger partial charge is 0.396 e. The van der Waals surface area contributed by atoms with E-state index < -0.39 is 10.2 Å². The van der Waals surface area contributed by atoms with E-state index in [0.29, 0.717) is 13.1 Å². The maximum absolute atomic E-state index is 12.0. The normalized spacial score (nSPS) is 22.5. The Morgan fingerprint density at radius 3 is 3.12 bits per heavy atom. The molecular weight excluding hydrogens is 264 g/mol. The van der Waals surface area contributed by atoms with Gasteiger partial charge in [-0.25, -0.2) is 4.72 Å². The Labute approximate surface area is 104 Å². The fourth-order valence-corrected chi connectivity index (χ4v) is 3.75. The van der Waals surface area contributed by atoms with Gasteiger partial charge >= 0.3 is 10.2 Å². The van der Waals surface area contributed by atoms with Crippen LogP contribution in [0.4, 0.5) is 5.13 Å². The Bertz CT molecular complexity index is 447. The van der Waals surface area contributed by atoms with Crippen molar-refractivity contribution in [1.82, 2.24) is 14.5 Å². The SMILES string of the molecule is O=S(=O)(Nc1nncs1)N1CCCC(CO)C1. The Kier molecular flexibility index (Phi) is 3.92. The van der Waals surface area contributed by atoms with Crippen LogP contribution in [0.1, 0.15) is 12.8 Å². The van der Waals surface area contributed by atoms with Gasteiger partial charge in [-0.15, -0.1) is 10.2 Å². The quantitative estimate of drug-likeness (QED) is 0.802. The molecule has 1 aliphatic rings. The van der Waals surface area contributed by atoms with Gasteiger partial charge in [-0.1, -0.05) is 11.3 Å². The molecule has 96 valence electrons. The fourth-order valence-electron chi connectivity index (χ4n) is 1.79. The third-order valence-electron chi connectivity index (χ3n) is 2.66. The lowest BCUT2D eigenvalue weighted by Gasteiger charge is -2.30. The molecule has 7 nitrogen and oxygen atoms in total. The lowest BCUT2D eigenvalue weighted by Crippen LogP contribution is -2.43. The van der Waals surface area contributed by atoms with E-state index in [1.54, 1.807) is 0 Å². The van der Waals surface area contributed by atoms with Crippen molar-refractivity contribution in [2.24, 2.45) is 5.92 Å². The van der Waals surface area contributed by atoms with Gasteiger partial charge in [0, 0.05) is 19.7 Å². The molecule has 2 N–H and O–H groups in total. The van der Waals surface area contributed by atoms with Gasteiger partial charge in [-0.05, 0) is 18.8 Å². The second-order valence-electron chi connectivity index (χ2n) is 3.90. The van der Waals surface area contributed by atoms with Crippen molar-refractivity contribution in [2.45, 2.75) is 12.8 Å². The minimum absolute atomic E-state index is 0.0187. The summed E-state index contributed by atoms with van der Waals surface area (Å²) in [6, 6.07) is 0. The molecule has 1 fully saturated rings. The van der Waals surface area contributed by atoms with Gasteiger partial charge in [0.15, 0.2) is 0 Å². The molecule has 1 saturated heterocycles. The van der Waals surface area contributed by atoms with E-state index in [2.05, 4.69) is 14.9 Å². The molecule has 1 aliphatic heterocycles. The van der Waals surface area contributed by atoms with Crippen LogP contribution < -0.4 is 4.72 Å². The van der Waals surface area contributed by atoms with Gasteiger partial charge in [0.2, 0.25) is 5.13 Å². The minimum Gasteiger partial charge on any atom is -0.396 e. The van der Waals surface area contributed by atoms with Crippen LogP contribution in [0.2, 0.25) is 0 Å². The summed E-state index contributed by atoms with van der Waals surface area (Å²) in [5, 5.41) is 16.5. The fraction of sp³-hybridized carbons (Fsp3) is 0.750. The van der Waals surface area contributed by atoms with Crippen molar-refractivity contribution in [3.63, 3.8) is 0 Å². The van der Waals surface area contributed by atoms with Crippen molar-refractivity contribution >= 4 is 26.7 Å². The van der Waals surface area contributed by atoms with Crippen LogP contribution in [-0.2, 0) is 10.2 Å². The maximum atomic E-state index is 12.0. The zero-order valence-corrected chi connectivity index (χ0v) is 10.7. The first kappa shape index (κ1) is 12.7. The van der Waals surface area contributed by atoms with Crippen molar-refractivity contribution in [2.75, 3.05) is 24.4 Å². The van der Waals surface area contributed by atoms with Crippen molar-refractivity contribution in [3.05, 3.63) is 5.51 Å². The standard InChI is InChI=1S/C8H14N4O3S2/c13-5-7-2-1-3-12(4-7)17(14,15)11-8-10-9-6-16-8/h6-7,13H,1-5H2,(H,10,11). The molecule has 2 rings (SSSR count). The average Bonchev–Trinajstić information content (AvgIpc) is 2.81. The van der Waals surface area contributed by atoms with Crippen LogP contribution in [0.25, 0.3) is 0 Å². The van der Waals surface area contributed by atoms with Gasteiger partial charge in [0.25, 0.3) is 0 Å². The lowest BCUT2D eigenvalue weighted by molar-refractivity contribution is 0.166. The van der Waals surface area contributed by atoms with Gasteiger partial charge < -0.3 is 5.11 Å². The highest BCUT2D eigenvalue weighted by atomic mass is 32.2. The Balaban J connectivity index is 2.04. The molecule has 0 bridgehead atoms. The van der Waals surface area contributed by atoms with E-state index in [1.165, 1.54) is 9.82 Å². The Morgan fingerprint density at radius 1 is 1.65 bits per heavy atom. The molecule has 1 aromatic heterocycles. The highest BCUT2D eigenvalue weighted by Gasteiger charge is 2.29. The van der Waals surface area contributed by atoms with Crippen LogP contribution >= 0.6 is 11.3 Å². The van der Waals surface area contributed by atoms with E-state index in [4.69, 9.17) is 5.11 Å². The number of aliphatic hydroxyl groups excluding tert-OH is 1. The molecule has 0 radical (unpaired) electrons. The zero-order valence-electron chi connectivity index (χ0n) is 9.11. The number of aliphatic hydroxyl groups is 1. The predicted octanol–water partition coefficient (Wildman–Crippen LogP) is -0.101. The molecule has 1 atom stereocenters. The third-order valence-corrected chi connectivity index (χ3v) is 4.85. The summed E-state index contributed by atoms with van der Waals surface area (Å²) in [7, 11) is -3.57. The number of nitrogens with zero attached hydrogens (tertiary/aromatic N) is 3. The van der Waals surface area contributed by atoms with Gasteiger partial charge in [-0.3, -0.25) is 0 Å². The number of rotatable bonds is 4. The molecule has 0 saturated carbocycles. The molecule has 2 heterocycles. The highest BCUT2D eigenvalue weighted by molar-refractivity contribution is 7.90. The molecular formula is C8H14N4O3S2. The molecule has 0 aliphatic carbocycles. The first-order valence-electron chi connectivity index (χ1n) is 5.27. The summed E-state index contributed by atoms with van der Waals surface area (Å²) in [6.45, 7) is 0.847. The number of hydrogen-bond acceptors (Lipinski definition) is 6. The summed E-state index contributed by atoms with van der Waals surface area (Å²) < 4.78 is 27.7. The molecule has 1 unspecified atom stereocenters. The van der Waals surface area contributed by atoms with Gasteiger partial charge in [0.1, 0.15) is 5.51 Å². The lowest BCUT2D eigenvalue weighted by atomic mass is 10.0. The van der Waals surface area contributed by atoms with Gasteiger partial charge in [-0.2, -0.15) is 12.7 Å². The summed E-state index contributed by atoms with van der Waals surface area (Å²) in [5.74, 6) is 0.0229. The topological polar surface area (TPSA) is 95.4 Å². The third kappa shape index (κ3) is 3.12. The van der Waals surface area contributed by atoms with E-state index in [1.807, 2.05) is 0 Å². The molecule has 9 heteroatoms. The second kappa shape index (κ2) is 5.25. The number of anilines is 1. The molecule has 0 spiro atoms. The second-order valence-corrected chi connectivity index (χ2v) is 6.40. The van der Waals surface area contributed by atoms with Crippen LogP contribution in [0.3, 0.4) is 0 Å². The first-order chi connectivity index (χ1) is 8.12. The predicted molar refractivity (Wildman–Crippen MR) is 63.8 cm³/mol. The number of nitrogens with one attached hydrogen (secondary N) is 1. The van der Waals surface area contributed by atoms with Crippen molar-refractivity contribution in [3.8, 4) is 0 Å². The summed E-state index contributed by atoms with van der Waals surface area (Å²) in [5.41, 5.74) is 1.46. The van der Waals surface area contributed by atoms with Crippen molar-refractivity contribution < 1.29 is 13.5 Å². The van der Waals surface area contributed by atoms with Crippen LogP contribution in [0.15, 0.2) is 5.51 Å². The van der Waals surface area contributed by atoms with Crippen LogP contribution in [0.5, 0.6) is 0 Å². The Hall–Kier alpha value is -0.770. The zero-order chi connectivity index (χ0) is 12.3. The number of aromatic nitrogens is 2. The maximum Gasteiger partial charge on any atom is 0.303 e. The molecule has 17 heavy (non-hydrogen) atoms. The summed E-state index contributed by atoms with van der Waals surface area (Å²) in [6.07, 6.45) is 1.63. The van der Waals surface area contributed by atoms with E-state index >= 15 is 0 Å². The molecule has 0 aromatic carbocycles. The first-order valence-corrected chi connectivity index (χ1v) is 7.58.